The first-order chi connectivity index (χ1) is 11.4. The van der Waals surface area contributed by atoms with E-state index in [2.05, 4.69) is 10.1 Å². The monoisotopic (exact) mass is 342 g/mol. The minimum Gasteiger partial charge on any atom is -0.435 e. The van der Waals surface area contributed by atoms with Crippen LogP contribution in [0.1, 0.15) is 18.9 Å². The van der Waals surface area contributed by atoms with Crippen molar-refractivity contribution in [3.05, 3.63) is 29.8 Å². The number of amides is 1. The highest BCUT2D eigenvalue weighted by molar-refractivity contribution is 5.78. The van der Waals surface area contributed by atoms with Crippen LogP contribution >= 0.6 is 0 Å². The molecule has 1 aromatic carbocycles. The molecule has 134 valence electrons. The summed E-state index contributed by atoms with van der Waals surface area (Å²) in [6, 6.07) is 6.39. The summed E-state index contributed by atoms with van der Waals surface area (Å²) in [4.78, 5) is 14.0. The normalized spacial score (nSPS) is 19.5. The highest BCUT2D eigenvalue weighted by Gasteiger charge is 2.26. The number of benzene rings is 1. The molecule has 0 radical (unpaired) electrons. The number of aliphatic hydroxyl groups excluding tert-OH is 1. The molecule has 1 saturated heterocycles. The molecule has 0 spiro atoms. The number of alkyl halides is 2. The zero-order valence-corrected chi connectivity index (χ0v) is 13.8. The first-order valence-electron chi connectivity index (χ1n) is 8.15. The molecule has 1 aliphatic rings. The molecule has 2 atom stereocenters. The van der Waals surface area contributed by atoms with Gasteiger partial charge in [0, 0.05) is 13.1 Å². The Hall–Kier alpha value is -1.73. The average molecular weight is 342 g/mol. The largest absolute Gasteiger partial charge is 0.435 e. The molecular formula is C17H24F2N2O3. The minimum atomic E-state index is -2.82. The summed E-state index contributed by atoms with van der Waals surface area (Å²) in [5, 5.41) is 12.4. The molecule has 7 heteroatoms. The molecule has 1 amide bonds. The lowest BCUT2D eigenvalue weighted by molar-refractivity contribution is -0.122. The van der Waals surface area contributed by atoms with Gasteiger partial charge in [0.25, 0.3) is 0 Å². The predicted molar refractivity (Wildman–Crippen MR) is 86.0 cm³/mol. The number of halogens is 2. The van der Waals surface area contributed by atoms with E-state index in [9.17, 15) is 18.7 Å². The number of carbonyl (C=O) groups excluding carboxylic acids is 1. The summed E-state index contributed by atoms with van der Waals surface area (Å²) in [5.74, 6) is 0.324. The van der Waals surface area contributed by atoms with Crippen molar-refractivity contribution in [2.24, 2.45) is 5.92 Å². The number of hydrogen-bond acceptors (Lipinski definition) is 4. The summed E-state index contributed by atoms with van der Waals surface area (Å²) in [5.41, 5.74) is 0.937. The SMILES string of the molecule is CC(O)C1CCN(CC(=O)NCCc2ccc(OC(F)F)cc2)C1. The van der Waals surface area contributed by atoms with Crippen LogP contribution in [0.3, 0.4) is 0 Å². The van der Waals surface area contributed by atoms with Crippen molar-refractivity contribution >= 4 is 5.91 Å². The van der Waals surface area contributed by atoms with Gasteiger partial charge in [-0.3, -0.25) is 9.69 Å². The van der Waals surface area contributed by atoms with Crippen LogP contribution in [0.4, 0.5) is 8.78 Å². The van der Waals surface area contributed by atoms with Gasteiger partial charge in [0.2, 0.25) is 5.91 Å². The number of likely N-dealkylation sites (tertiary alicyclic amines) is 1. The molecule has 0 saturated carbocycles. The Morgan fingerprint density at radius 2 is 2.12 bits per heavy atom. The molecule has 0 bridgehead atoms. The van der Waals surface area contributed by atoms with Gasteiger partial charge in [0.15, 0.2) is 0 Å². The van der Waals surface area contributed by atoms with Crippen LogP contribution in [0, 0.1) is 5.92 Å². The molecule has 5 nitrogen and oxygen atoms in total. The zero-order valence-electron chi connectivity index (χ0n) is 13.8. The quantitative estimate of drug-likeness (QED) is 0.754. The fourth-order valence-electron chi connectivity index (χ4n) is 2.84. The Balaban J connectivity index is 1.66. The van der Waals surface area contributed by atoms with Crippen molar-refractivity contribution in [1.29, 1.82) is 0 Å². The third-order valence-electron chi connectivity index (χ3n) is 4.24. The van der Waals surface area contributed by atoms with Crippen LogP contribution in [0.15, 0.2) is 24.3 Å². The highest BCUT2D eigenvalue weighted by atomic mass is 19.3. The van der Waals surface area contributed by atoms with Gasteiger partial charge in [-0.15, -0.1) is 0 Å². The molecule has 0 aliphatic carbocycles. The topological polar surface area (TPSA) is 61.8 Å². The lowest BCUT2D eigenvalue weighted by Gasteiger charge is -2.17. The van der Waals surface area contributed by atoms with Gasteiger partial charge in [-0.25, -0.2) is 0 Å². The molecular weight excluding hydrogens is 318 g/mol. The molecule has 1 aliphatic heterocycles. The minimum absolute atomic E-state index is 0.0427. The van der Waals surface area contributed by atoms with Crippen LogP contribution in [0.5, 0.6) is 5.75 Å². The number of nitrogens with zero attached hydrogens (tertiary/aromatic N) is 1. The van der Waals surface area contributed by atoms with E-state index < -0.39 is 6.61 Å². The molecule has 24 heavy (non-hydrogen) atoms. The summed E-state index contributed by atoms with van der Waals surface area (Å²) >= 11 is 0. The number of aliphatic hydroxyl groups is 1. The van der Waals surface area contributed by atoms with Gasteiger partial charge in [0.1, 0.15) is 5.75 Å². The van der Waals surface area contributed by atoms with Crippen LogP contribution < -0.4 is 10.1 Å². The Bertz CT molecular complexity index is 523. The van der Waals surface area contributed by atoms with E-state index >= 15 is 0 Å². The molecule has 0 aromatic heterocycles. The van der Waals surface area contributed by atoms with E-state index in [0.29, 0.717) is 19.5 Å². The van der Waals surface area contributed by atoms with E-state index in [1.165, 1.54) is 12.1 Å². The molecule has 1 fully saturated rings. The Labute approximate surface area is 140 Å². The smallest absolute Gasteiger partial charge is 0.387 e. The fourth-order valence-corrected chi connectivity index (χ4v) is 2.84. The molecule has 2 unspecified atom stereocenters. The maximum atomic E-state index is 12.1. The van der Waals surface area contributed by atoms with E-state index in [1.54, 1.807) is 19.1 Å². The van der Waals surface area contributed by atoms with Gasteiger partial charge in [0.05, 0.1) is 12.6 Å². The molecule has 1 aromatic rings. The fraction of sp³-hybridized carbons (Fsp3) is 0.588. The van der Waals surface area contributed by atoms with E-state index in [4.69, 9.17) is 0 Å². The van der Waals surface area contributed by atoms with Gasteiger partial charge in [-0.05, 0) is 49.9 Å². The number of rotatable bonds is 8. The lowest BCUT2D eigenvalue weighted by atomic mass is 10.0. The van der Waals surface area contributed by atoms with Crippen LogP contribution in [-0.4, -0.2) is 54.8 Å². The predicted octanol–water partition coefficient (Wildman–Crippen LogP) is 1.65. The average Bonchev–Trinajstić information content (AvgIpc) is 2.97. The third-order valence-corrected chi connectivity index (χ3v) is 4.24. The summed E-state index contributed by atoms with van der Waals surface area (Å²) in [7, 11) is 0. The summed E-state index contributed by atoms with van der Waals surface area (Å²) in [6.07, 6.45) is 1.20. The van der Waals surface area contributed by atoms with Gasteiger partial charge < -0.3 is 15.2 Å². The first kappa shape index (κ1) is 18.6. The Morgan fingerprint density at radius 3 is 2.71 bits per heavy atom. The zero-order chi connectivity index (χ0) is 17.5. The van der Waals surface area contributed by atoms with Crippen LogP contribution in [0.25, 0.3) is 0 Å². The van der Waals surface area contributed by atoms with Crippen LogP contribution in [0.2, 0.25) is 0 Å². The second-order valence-electron chi connectivity index (χ2n) is 6.15. The standard InChI is InChI=1S/C17H24F2N2O3/c1-12(22)14-7-9-21(10-14)11-16(23)20-8-6-13-2-4-15(5-3-13)24-17(18)19/h2-5,12,14,17,22H,6-11H2,1H3,(H,20,23). The van der Waals surface area contributed by atoms with Crippen molar-refractivity contribution in [3.8, 4) is 5.75 Å². The maximum Gasteiger partial charge on any atom is 0.387 e. The van der Waals surface area contributed by atoms with Gasteiger partial charge in [-0.2, -0.15) is 8.78 Å². The second kappa shape index (κ2) is 8.94. The maximum absolute atomic E-state index is 12.1. The number of nitrogens with one attached hydrogen (secondary N) is 1. The van der Waals surface area contributed by atoms with Gasteiger partial charge >= 0.3 is 6.61 Å². The van der Waals surface area contributed by atoms with Crippen molar-refractivity contribution in [1.82, 2.24) is 10.2 Å². The molecule has 1 heterocycles. The summed E-state index contributed by atoms with van der Waals surface area (Å²) in [6.45, 7) is 1.36. The first-order valence-corrected chi connectivity index (χ1v) is 8.15. The van der Waals surface area contributed by atoms with Crippen molar-refractivity contribution in [3.63, 3.8) is 0 Å². The van der Waals surface area contributed by atoms with E-state index in [1.807, 2.05) is 4.90 Å². The van der Waals surface area contributed by atoms with E-state index in [-0.39, 0.29) is 23.7 Å². The number of hydrogen-bond donors (Lipinski definition) is 2. The third kappa shape index (κ3) is 6.05. The number of ether oxygens (including phenoxy) is 1. The number of carbonyl (C=O) groups is 1. The van der Waals surface area contributed by atoms with Crippen molar-refractivity contribution in [2.45, 2.75) is 32.5 Å². The van der Waals surface area contributed by atoms with Gasteiger partial charge in [-0.1, -0.05) is 12.1 Å². The second-order valence-corrected chi connectivity index (χ2v) is 6.15. The lowest BCUT2D eigenvalue weighted by Crippen LogP contribution is -2.37. The van der Waals surface area contributed by atoms with Crippen molar-refractivity contribution in [2.75, 3.05) is 26.2 Å². The molecule has 2 N–H and O–H groups in total. The highest BCUT2D eigenvalue weighted by Crippen LogP contribution is 2.19. The Morgan fingerprint density at radius 1 is 1.42 bits per heavy atom. The Kier molecular flexibility index (Phi) is 6.93. The molecule has 2 rings (SSSR count). The van der Waals surface area contributed by atoms with Crippen molar-refractivity contribution < 1.29 is 23.4 Å². The summed E-state index contributed by atoms with van der Waals surface area (Å²) < 4.78 is 28.4. The van der Waals surface area contributed by atoms with E-state index in [0.717, 1.165) is 25.1 Å². The van der Waals surface area contributed by atoms with Crippen LogP contribution in [-0.2, 0) is 11.2 Å².